The highest BCUT2D eigenvalue weighted by Crippen LogP contribution is 2.28. The number of hydrogen-bond donors (Lipinski definition) is 1. The van der Waals surface area contributed by atoms with E-state index >= 15 is 0 Å². The second-order valence-corrected chi connectivity index (χ2v) is 7.38. The van der Waals surface area contributed by atoms with Gasteiger partial charge in [-0.3, -0.25) is 9.69 Å². The zero-order valence-electron chi connectivity index (χ0n) is 13.6. The molecule has 1 unspecified atom stereocenters. The molecule has 0 radical (unpaired) electrons. The molecule has 1 amide bonds. The molecule has 128 valence electrons. The lowest BCUT2D eigenvalue weighted by Gasteiger charge is -2.35. The molecule has 2 fully saturated rings. The number of fused-ring (bicyclic) bond motifs is 1. The summed E-state index contributed by atoms with van der Waals surface area (Å²) in [5, 5.41) is 1.05. The largest absolute Gasteiger partial charge is 0.377 e. The van der Waals surface area contributed by atoms with Crippen LogP contribution in [0.4, 0.5) is 0 Å². The highest BCUT2D eigenvalue weighted by Gasteiger charge is 2.27. The first-order valence-corrected chi connectivity index (χ1v) is 9.41. The molecule has 0 saturated carbocycles. The Morgan fingerprint density at radius 2 is 2.04 bits per heavy atom. The minimum atomic E-state index is 0.0786. The number of nitrogens with one attached hydrogen (secondary N) is 1. The van der Waals surface area contributed by atoms with E-state index in [0.29, 0.717) is 11.8 Å². The Morgan fingerprint density at radius 3 is 2.75 bits per heavy atom. The van der Waals surface area contributed by atoms with Crippen LogP contribution in [-0.2, 0) is 4.74 Å². The van der Waals surface area contributed by atoms with Gasteiger partial charge in [0.15, 0.2) is 0 Å². The molecule has 1 N–H and O–H groups in total. The summed E-state index contributed by atoms with van der Waals surface area (Å²) >= 11 is 3.58. The van der Waals surface area contributed by atoms with E-state index in [9.17, 15) is 4.79 Å². The van der Waals surface area contributed by atoms with Gasteiger partial charge in [-0.05, 0) is 34.8 Å². The van der Waals surface area contributed by atoms with Crippen LogP contribution in [0.3, 0.4) is 0 Å². The van der Waals surface area contributed by atoms with Gasteiger partial charge in [-0.15, -0.1) is 0 Å². The van der Waals surface area contributed by atoms with Crippen molar-refractivity contribution in [1.82, 2.24) is 14.8 Å². The molecule has 2 aromatic rings. The highest BCUT2D eigenvalue weighted by molar-refractivity contribution is 9.10. The van der Waals surface area contributed by atoms with Crippen LogP contribution in [0.25, 0.3) is 10.9 Å². The second kappa shape index (κ2) is 6.86. The number of piperazine rings is 1. The third-order valence-corrected chi connectivity index (χ3v) is 5.83. The molecule has 3 heterocycles. The van der Waals surface area contributed by atoms with E-state index in [1.54, 1.807) is 0 Å². The van der Waals surface area contributed by atoms with Crippen LogP contribution in [0.1, 0.15) is 23.3 Å². The first kappa shape index (κ1) is 16.1. The van der Waals surface area contributed by atoms with E-state index < -0.39 is 0 Å². The van der Waals surface area contributed by atoms with Crippen LogP contribution >= 0.6 is 15.9 Å². The van der Waals surface area contributed by atoms with Crippen molar-refractivity contribution in [3.05, 3.63) is 34.4 Å². The number of halogens is 1. The molecule has 0 bridgehead atoms. The van der Waals surface area contributed by atoms with Gasteiger partial charge in [-0.2, -0.15) is 0 Å². The Morgan fingerprint density at radius 1 is 1.25 bits per heavy atom. The lowest BCUT2D eigenvalue weighted by Crippen LogP contribution is -2.50. The van der Waals surface area contributed by atoms with E-state index in [-0.39, 0.29) is 5.91 Å². The molecule has 1 aromatic heterocycles. The number of ether oxygens (including phenoxy) is 1. The van der Waals surface area contributed by atoms with Gasteiger partial charge in [0.1, 0.15) is 5.69 Å². The van der Waals surface area contributed by atoms with E-state index in [0.717, 1.165) is 54.7 Å². The number of carbonyl (C=O) groups is 1. The molecule has 5 nitrogen and oxygen atoms in total. The van der Waals surface area contributed by atoms with Gasteiger partial charge in [0, 0.05) is 50.2 Å². The Kier molecular flexibility index (Phi) is 4.61. The van der Waals surface area contributed by atoms with Gasteiger partial charge in [0.05, 0.1) is 10.6 Å². The number of aromatic amines is 1. The number of aromatic nitrogens is 1. The fraction of sp³-hybridized carbons (Fsp3) is 0.500. The molecule has 1 atom stereocenters. The average Bonchev–Trinajstić information content (AvgIpc) is 3.23. The molecule has 6 heteroatoms. The lowest BCUT2D eigenvalue weighted by molar-refractivity contribution is 0.0430. The molecule has 24 heavy (non-hydrogen) atoms. The molecule has 1 aromatic carbocycles. The summed E-state index contributed by atoms with van der Waals surface area (Å²) < 4.78 is 6.58. The van der Waals surface area contributed by atoms with E-state index in [2.05, 4.69) is 25.8 Å². The van der Waals surface area contributed by atoms with E-state index in [1.165, 1.54) is 12.8 Å². The molecule has 0 aliphatic carbocycles. The Hall–Kier alpha value is -1.37. The predicted molar refractivity (Wildman–Crippen MR) is 97.3 cm³/mol. The summed E-state index contributed by atoms with van der Waals surface area (Å²) in [6, 6.07) is 7.98. The number of para-hydroxylation sites is 1. The molecular weight excluding hydrogens is 370 g/mol. The second-order valence-electron chi connectivity index (χ2n) is 6.59. The maximum absolute atomic E-state index is 12.9. The lowest BCUT2D eigenvalue weighted by atomic mass is 10.2. The molecule has 2 saturated heterocycles. The number of H-pyrrole nitrogens is 1. The number of nitrogens with zero attached hydrogens (tertiary/aromatic N) is 2. The smallest absolute Gasteiger partial charge is 0.271 e. The van der Waals surface area contributed by atoms with Crippen LogP contribution in [0.5, 0.6) is 0 Å². The van der Waals surface area contributed by atoms with Crippen molar-refractivity contribution in [1.29, 1.82) is 0 Å². The fourth-order valence-electron chi connectivity index (χ4n) is 3.62. The van der Waals surface area contributed by atoms with Crippen molar-refractivity contribution in [3.63, 3.8) is 0 Å². The predicted octanol–water partition coefficient (Wildman–Crippen LogP) is 2.87. The van der Waals surface area contributed by atoms with Crippen LogP contribution < -0.4 is 0 Å². The van der Waals surface area contributed by atoms with Gasteiger partial charge in [0.25, 0.3) is 5.91 Å². The maximum Gasteiger partial charge on any atom is 0.271 e. The van der Waals surface area contributed by atoms with Gasteiger partial charge in [-0.25, -0.2) is 0 Å². The fourth-order valence-corrected chi connectivity index (χ4v) is 4.24. The number of benzene rings is 1. The first-order valence-electron chi connectivity index (χ1n) is 8.62. The Bertz CT molecular complexity index is 731. The Balaban J connectivity index is 1.41. The molecule has 2 aliphatic rings. The summed E-state index contributed by atoms with van der Waals surface area (Å²) in [5.74, 6) is 0.0786. The van der Waals surface area contributed by atoms with E-state index in [4.69, 9.17) is 4.74 Å². The molecule has 4 rings (SSSR count). The minimum Gasteiger partial charge on any atom is -0.377 e. The van der Waals surface area contributed by atoms with Crippen molar-refractivity contribution in [2.75, 3.05) is 39.3 Å². The zero-order chi connectivity index (χ0) is 16.5. The van der Waals surface area contributed by atoms with Crippen molar-refractivity contribution >= 4 is 32.7 Å². The van der Waals surface area contributed by atoms with Gasteiger partial charge < -0.3 is 14.6 Å². The van der Waals surface area contributed by atoms with Crippen molar-refractivity contribution in [2.45, 2.75) is 18.9 Å². The summed E-state index contributed by atoms with van der Waals surface area (Å²) in [6.07, 6.45) is 2.73. The van der Waals surface area contributed by atoms with Crippen LogP contribution in [0.2, 0.25) is 0 Å². The van der Waals surface area contributed by atoms with Crippen LogP contribution in [-0.4, -0.2) is 66.1 Å². The number of hydrogen-bond acceptors (Lipinski definition) is 3. The maximum atomic E-state index is 12.9. The van der Waals surface area contributed by atoms with Crippen molar-refractivity contribution in [3.8, 4) is 0 Å². The minimum absolute atomic E-state index is 0.0786. The normalized spacial score (nSPS) is 22.4. The molecule has 0 spiro atoms. The SMILES string of the molecule is O=C(c1[nH]c2ccccc2c1Br)N1CCN(CC2CCCO2)CC1. The van der Waals surface area contributed by atoms with Crippen molar-refractivity contribution < 1.29 is 9.53 Å². The monoisotopic (exact) mass is 391 g/mol. The van der Waals surface area contributed by atoms with Crippen molar-refractivity contribution in [2.24, 2.45) is 0 Å². The number of carbonyl (C=O) groups excluding carboxylic acids is 1. The summed E-state index contributed by atoms with van der Waals surface area (Å²) in [4.78, 5) is 20.5. The molecular formula is C18H22BrN3O2. The highest BCUT2D eigenvalue weighted by atomic mass is 79.9. The number of amides is 1. The summed E-state index contributed by atoms with van der Waals surface area (Å²) in [6.45, 7) is 5.28. The van der Waals surface area contributed by atoms with Gasteiger partial charge >= 0.3 is 0 Å². The Labute approximate surface area is 150 Å². The third kappa shape index (κ3) is 3.10. The van der Waals surface area contributed by atoms with Gasteiger partial charge in [0.2, 0.25) is 0 Å². The first-order chi connectivity index (χ1) is 11.7. The number of rotatable bonds is 3. The van der Waals surface area contributed by atoms with Crippen LogP contribution in [0.15, 0.2) is 28.7 Å². The topological polar surface area (TPSA) is 48.6 Å². The zero-order valence-corrected chi connectivity index (χ0v) is 15.2. The van der Waals surface area contributed by atoms with Crippen LogP contribution in [0, 0.1) is 0 Å². The van der Waals surface area contributed by atoms with Gasteiger partial charge in [-0.1, -0.05) is 18.2 Å². The standard InChI is InChI=1S/C18H22BrN3O2/c19-16-14-5-1-2-6-15(14)20-17(16)18(23)22-9-7-21(8-10-22)12-13-4-3-11-24-13/h1-2,5-6,13,20H,3-4,7-12H2. The summed E-state index contributed by atoms with van der Waals surface area (Å²) in [7, 11) is 0. The third-order valence-electron chi connectivity index (χ3n) is 5.00. The molecule has 2 aliphatic heterocycles. The quantitative estimate of drug-likeness (QED) is 0.874. The average molecular weight is 392 g/mol. The van der Waals surface area contributed by atoms with E-state index in [1.807, 2.05) is 29.2 Å². The summed E-state index contributed by atoms with van der Waals surface area (Å²) in [5.41, 5.74) is 1.65.